The molecular formula is C21H29NO2. The fourth-order valence-electron chi connectivity index (χ4n) is 3.73. The van der Waals surface area contributed by atoms with Gasteiger partial charge in [0, 0.05) is 12.5 Å². The number of nitrogens with one attached hydrogen (secondary N) is 1. The summed E-state index contributed by atoms with van der Waals surface area (Å²) in [6.07, 6.45) is 5.12. The van der Waals surface area contributed by atoms with Gasteiger partial charge in [-0.15, -0.1) is 0 Å². The van der Waals surface area contributed by atoms with Gasteiger partial charge in [-0.1, -0.05) is 30.3 Å². The van der Waals surface area contributed by atoms with Crippen molar-refractivity contribution in [2.75, 3.05) is 19.7 Å². The highest BCUT2D eigenvalue weighted by molar-refractivity contribution is 5.27. The van der Waals surface area contributed by atoms with Crippen molar-refractivity contribution in [3.8, 4) is 0 Å². The molecule has 3 rings (SSSR count). The van der Waals surface area contributed by atoms with E-state index in [2.05, 4.69) is 55.6 Å². The summed E-state index contributed by atoms with van der Waals surface area (Å²) in [5, 5.41) is 3.66. The highest BCUT2D eigenvalue weighted by Crippen LogP contribution is 2.29. The summed E-state index contributed by atoms with van der Waals surface area (Å²) in [5.74, 6) is 2.09. The second-order valence-electron chi connectivity index (χ2n) is 7.44. The minimum absolute atomic E-state index is 0.0331. The van der Waals surface area contributed by atoms with E-state index in [4.69, 9.17) is 9.15 Å². The Morgan fingerprint density at radius 2 is 2.00 bits per heavy atom. The summed E-state index contributed by atoms with van der Waals surface area (Å²) >= 11 is 0. The van der Waals surface area contributed by atoms with E-state index in [0.29, 0.717) is 11.8 Å². The average Bonchev–Trinajstić information content (AvgIpc) is 3.09. The van der Waals surface area contributed by atoms with Crippen molar-refractivity contribution in [3.63, 3.8) is 0 Å². The fourth-order valence-corrected chi connectivity index (χ4v) is 3.73. The molecule has 2 heterocycles. The van der Waals surface area contributed by atoms with Crippen LogP contribution in [-0.4, -0.2) is 25.3 Å². The molecule has 0 amide bonds. The van der Waals surface area contributed by atoms with Crippen LogP contribution in [0.25, 0.3) is 0 Å². The highest BCUT2D eigenvalue weighted by Gasteiger charge is 2.28. The van der Waals surface area contributed by atoms with Gasteiger partial charge in [0.2, 0.25) is 0 Å². The van der Waals surface area contributed by atoms with Gasteiger partial charge in [0.05, 0.1) is 11.9 Å². The van der Waals surface area contributed by atoms with E-state index in [9.17, 15) is 0 Å². The van der Waals surface area contributed by atoms with Crippen LogP contribution in [0.1, 0.15) is 50.4 Å². The molecule has 0 aliphatic carbocycles. The summed E-state index contributed by atoms with van der Waals surface area (Å²) in [4.78, 5) is 0. The van der Waals surface area contributed by atoms with E-state index in [1.165, 1.54) is 5.56 Å². The smallest absolute Gasteiger partial charge is 0.111 e. The van der Waals surface area contributed by atoms with Gasteiger partial charge >= 0.3 is 0 Å². The standard InChI is InChI=1S/C21H29NO2/c1-21(2)15-17(11-14-24-21)16-22-12-10-19(20-9-6-13-23-20)18-7-4-3-5-8-18/h3-9,13,17,19,22H,10-12,14-16H2,1-2H3/t17-,19+/m1/s1. The van der Waals surface area contributed by atoms with Crippen LogP contribution in [0.15, 0.2) is 53.1 Å². The van der Waals surface area contributed by atoms with Gasteiger partial charge in [0.1, 0.15) is 5.76 Å². The first-order valence-corrected chi connectivity index (χ1v) is 9.07. The Bertz CT molecular complexity index is 592. The monoisotopic (exact) mass is 327 g/mol. The maximum atomic E-state index is 5.81. The van der Waals surface area contributed by atoms with Crippen LogP contribution in [0, 0.1) is 5.92 Å². The predicted molar refractivity (Wildman–Crippen MR) is 97.2 cm³/mol. The molecule has 3 heteroatoms. The van der Waals surface area contributed by atoms with E-state index in [1.807, 2.05) is 6.07 Å². The van der Waals surface area contributed by atoms with Gasteiger partial charge in [-0.2, -0.15) is 0 Å². The lowest BCUT2D eigenvalue weighted by Gasteiger charge is -2.35. The van der Waals surface area contributed by atoms with Gasteiger partial charge in [0.25, 0.3) is 0 Å². The molecule has 0 spiro atoms. The van der Waals surface area contributed by atoms with E-state index in [1.54, 1.807) is 6.26 Å². The Morgan fingerprint density at radius 3 is 2.71 bits per heavy atom. The molecule has 24 heavy (non-hydrogen) atoms. The van der Waals surface area contributed by atoms with Crippen LogP contribution >= 0.6 is 0 Å². The SMILES string of the molecule is CC1(C)C[C@H](CNCC[C@@H](c2ccccc2)c2ccco2)CCO1. The van der Waals surface area contributed by atoms with Crippen molar-refractivity contribution in [2.45, 2.75) is 44.6 Å². The van der Waals surface area contributed by atoms with Gasteiger partial charge in [-0.3, -0.25) is 0 Å². The molecule has 130 valence electrons. The molecule has 0 unspecified atom stereocenters. The molecule has 2 aromatic rings. The number of hydrogen-bond acceptors (Lipinski definition) is 3. The highest BCUT2D eigenvalue weighted by atomic mass is 16.5. The normalized spacial score (nSPS) is 21.5. The molecule has 0 bridgehead atoms. The van der Waals surface area contributed by atoms with Gasteiger partial charge < -0.3 is 14.5 Å². The second-order valence-corrected chi connectivity index (χ2v) is 7.44. The number of benzene rings is 1. The topological polar surface area (TPSA) is 34.4 Å². The third-order valence-electron chi connectivity index (χ3n) is 4.93. The maximum Gasteiger partial charge on any atom is 0.111 e. The van der Waals surface area contributed by atoms with Crippen molar-refractivity contribution >= 4 is 0 Å². The van der Waals surface area contributed by atoms with Gasteiger partial charge in [-0.25, -0.2) is 0 Å². The summed E-state index contributed by atoms with van der Waals surface area (Å²) in [6, 6.07) is 14.7. The first-order valence-electron chi connectivity index (χ1n) is 9.07. The first-order chi connectivity index (χ1) is 11.6. The summed E-state index contributed by atoms with van der Waals surface area (Å²) in [7, 11) is 0. The molecule has 2 atom stereocenters. The zero-order chi connectivity index (χ0) is 16.8. The van der Waals surface area contributed by atoms with Crippen molar-refractivity contribution in [2.24, 2.45) is 5.92 Å². The molecule has 1 aromatic heterocycles. The largest absolute Gasteiger partial charge is 0.469 e. The Balaban J connectivity index is 1.51. The zero-order valence-corrected chi connectivity index (χ0v) is 14.8. The summed E-state index contributed by atoms with van der Waals surface area (Å²) < 4.78 is 11.5. The maximum absolute atomic E-state index is 5.81. The van der Waals surface area contributed by atoms with Crippen LogP contribution in [0.2, 0.25) is 0 Å². The van der Waals surface area contributed by atoms with E-state index in [0.717, 1.165) is 44.7 Å². The molecular weight excluding hydrogens is 298 g/mol. The Hall–Kier alpha value is -1.58. The van der Waals surface area contributed by atoms with Crippen molar-refractivity contribution in [3.05, 3.63) is 60.1 Å². The Kier molecular flexibility index (Phi) is 5.75. The minimum atomic E-state index is 0.0331. The lowest BCUT2D eigenvalue weighted by atomic mass is 9.88. The molecule has 1 aliphatic heterocycles. The Labute approximate surface area is 145 Å². The molecule has 1 N–H and O–H groups in total. The number of hydrogen-bond donors (Lipinski definition) is 1. The molecule has 3 nitrogen and oxygen atoms in total. The first kappa shape index (κ1) is 17.2. The fraction of sp³-hybridized carbons (Fsp3) is 0.524. The summed E-state index contributed by atoms with van der Waals surface area (Å²) in [5.41, 5.74) is 1.35. The summed E-state index contributed by atoms with van der Waals surface area (Å²) in [6.45, 7) is 7.35. The van der Waals surface area contributed by atoms with Crippen LogP contribution in [-0.2, 0) is 4.74 Å². The van der Waals surface area contributed by atoms with Crippen molar-refractivity contribution < 1.29 is 9.15 Å². The number of ether oxygens (including phenoxy) is 1. The number of rotatable bonds is 7. The minimum Gasteiger partial charge on any atom is -0.469 e. The molecule has 1 saturated heterocycles. The van der Waals surface area contributed by atoms with Crippen molar-refractivity contribution in [1.29, 1.82) is 0 Å². The molecule has 0 radical (unpaired) electrons. The second kappa shape index (κ2) is 8.00. The average molecular weight is 327 g/mol. The van der Waals surface area contributed by atoms with Crippen LogP contribution < -0.4 is 5.32 Å². The zero-order valence-electron chi connectivity index (χ0n) is 14.8. The molecule has 1 aliphatic rings. The third-order valence-corrected chi connectivity index (χ3v) is 4.93. The van der Waals surface area contributed by atoms with Crippen LogP contribution in [0.4, 0.5) is 0 Å². The van der Waals surface area contributed by atoms with E-state index >= 15 is 0 Å². The van der Waals surface area contributed by atoms with E-state index in [-0.39, 0.29) is 5.60 Å². The Morgan fingerprint density at radius 1 is 1.17 bits per heavy atom. The van der Waals surface area contributed by atoms with Crippen LogP contribution in [0.5, 0.6) is 0 Å². The molecule has 1 fully saturated rings. The van der Waals surface area contributed by atoms with Crippen LogP contribution in [0.3, 0.4) is 0 Å². The van der Waals surface area contributed by atoms with E-state index < -0.39 is 0 Å². The molecule has 1 aromatic carbocycles. The van der Waals surface area contributed by atoms with Gasteiger partial charge in [-0.05, 0) is 69.8 Å². The van der Waals surface area contributed by atoms with Gasteiger partial charge in [0.15, 0.2) is 0 Å². The number of furan rings is 1. The third kappa shape index (κ3) is 4.71. The lowest BCUT2D eigenvalue weighted by Crippen LogP contribution is -2.38. The van der Waals surface area contributed by atoms with Crippen molar-refractivity contribution in [1.82, 2.24) is 5.32 Å². The molecule has 0 saturated carbocycles. The lowest BCUT2D eigenvalue weighted by molar-refractivity contribution is -0.0717. The quantitative estimate of drug-likeness (QED) is 0.755. The predicted octanol–water partition coefficient (Wildman–Crippen LogP) is 4.60.